The van der Waals surface area contributed by atoms with Crippen LogP contribution in [0, 0.1) is 10.1 Å². The summed E-state index contributed by atoms with van der Waals surface area (Å²) in [7, 11) is 0. The lowest BCUT2D eigenvalue weighted by molar-refractivity contribution is -0.384. The average Bonchev–Trinajstić information content (AvgIpc) is 2.78. The van der Waals surface area contributed by atoms with Gasteiger partial charge in [0.15, 0.2) is 11.5 Å². The Hall–Kier alpha value is -3.29. The molecule has 2 aromatic carbocycles. The van der Waals surface area contributed by atoms with Crippen LogP contribution in [0.15, 0.2) is 36.4 Å². The monoisotopic (exact) mass is 411 g/mol. The van der Waals surface area contributed by atoms with Crippen molar-refractivity contribution in [3.05, 3.63) is 57.6 Å². The van der Waals surface area contributed by atoms with Crippen molar-refractivity contribution in [2.75, 3.05) is 31.2 Å². The van der Waals surface area contributed by atoms with Crippen molar-refractivity contribution >= 4 is 17.3 Å². The first kappa shape index (κ1) is 20.0. The molecular formula is C22H25N3O5. The second kappa shape index (κ2) is 8.61. The third-order valence-electron chi connectivity index (χ3n) is 5.54. The highest BCUT2D eigenvalue weighted by atomic mass is 16.6. The molecule has 0 saturated carbocycles. The molecule has 2 aliphatic heterocycles. The van der Waals surface area contributed by atoms with Gasteiger partial charge in [-0.15, -0.1) is 0 Å². The summed E-state index contributed by atoms with van der Waals surface area (Å²) in [4.78, 5) is 26.0. The van der Waals surface area contributed by atoms with Crippen molar-refractivity contribution in [2.24, 2.45) is 0 Å². The van der Waals surface area contributed by atoms with Crippen LogP contribution in [0.3, 0.4) is 0 Å². The molecule has 0 spiro atoms. The van der Waals surface area contributed by atoms with Crippen molar-refractivity contribution in [1.82, 2.24) is 5.32 Å². The van der Waals surface area contributed by atoms with E-state index in [9.17, 15) is 14.9 Å². The van der Waals surface area contributed by atoms with E-state index in [4.69, 9.17) is 9.47 Å². The zero-order chi connectivity index (χ0) is 21.1. The largest absolute Gasteiger partial charge is 0.486 e. The Morgan fingerprint density at radius 3 is 2.53 bits per heavy atom. The van der Waals surface area contributed by atoms with Crippen molar-refractivity contribution in [3.63, 3.8) is 0 Å². The summed E-state index contributed by atoms with van der Waals surface area (Å²) in [5.74, 6) is 0.986. The molecule has 2 aliphatic rings. The Labute approximate surface area is 174 Å². The van der Waals surface area contributed by atoms with Crippen LogP contribution in [0.2, 0.25) is 0 Å². The fourth-order valence-corrected chi connectivity index (χ4v) is 3.91. The van der Waals surface area contributed by atoms with Gasteiger partial charge in [0.05, 0.1) is 11.0 Å². The third-order valence-corrected chi connectivity index (χ3v) is 5.54. The summed E-state index contributed by atoms with van der Waals surface area (Å²) in [6.45, 7) is 4.47. The molecule has 30 heavy (non-hydrogen) atoms. The smallest absolute Gasteiger partial charge is 0.293 e. The van der Waals surface area contributed by atoms with E-state index in [-0.39, 0.29) is 23.2 Å². The maximum atomic E-state index is 12.8. The zero-order valence-corrected chi connectivity index (χ0v) is 16.9. The highest BCUT2D eigenvalue weighted by molar-refractivity contribution is 5.96. The van der Waals surface area contributed by atoms with Crippen molar-refractivity contribution in [2.45, 2.75) is 32.2 Å². The predicted octanol–water partition coefficient (Wildman–Crippen LogP) is 3.85. The Morgan fingerprint density at radius 1 is 1.07 bits per heavy atom. The maximum Gasteiger partial charge on any atom is 0.293 e. The van der Waals surface area contributed by atoms with Crippen LogP contribution in [0.1, 0.15) is 48.1 Å². The lowest BCUT2D eigenvalue weighted by Crippen LogP contribution is -2.30. The van der Waals surface area contributed by atoms with E-state index in [1.54, 1.807) is 12.1 Å². The number of amides is 1. The molecule has 8 nitrogen and oxygen atoms in total. The quantitative estimate of drug-likeness (QED) is 0.593. The second-order valence-corrected chi connectivity index (χ2v) is 7.61. The number of carbonyl (C=O) groups excluding carboxylic acids is 1. The van der Waals surface area contributed by atoms with E-state index in [1.807, 2.05) is 30.0 Å². The van der Waals surface area contributed by atoms with Crippen molar-refractivity contribution in [1.29, 1.82) is 0 Å². The molecule has 0 aliphatic carbocycles. The van der Waals surface area contributed by atoms with Gasteiger partial charge in [-0.05, 0) is 56.0 Å². The SMILES string of the molecule is CC(NC(=O)c1ccc(N2CCCCC2)c([N+](=O)[O-])c1)c1ccc2c(c1)OCCO2. The van der Waals surface area contributed by atoms with E-state index in [1.165, 1.54) is 6.07 Å². The first-order valence-electron chi connectivity index (χ1n) is 10.3. The molecule has 0 radical (unpaired) electrons. The molecule has 1 fully saturated rings. The summed E-state index contributed by atoms with van der Waals surface area (Å²) in [5.41, 5.74) is 1.69. The summed E-state index contributed by atoms with van der Waals surface area (Å²) >= 11 is 0. The van der Waals surface area contributed by atoms with Gasteiger partial charge in [0.2, 0.25) is 0 Å². The summed E-state index contributed by atoms with van der Waals surface area (Å²) < 4.78 is 11.1. The van der Waals surface area contributed by atoms with Crippen LogP contribution in [-0.4, -0.2) is 37.1 Å². The third kappa shape index (κ3) is 4.17. The van der Waals surface area contributed by atoms with Crippen LogP contribution >= 0.6 is 0 Å². The molecule has 2 heterocycles. The molecule has 4 rings (SSSR count). The van der Waals surface area contributed by atoms with Gasteiger partial charge in [0.1, 0.15) is 18.9 Å². The summed E-state index contributed by atoms with van der Waals surface area (Å²) in [6.07, 6.45) is 3.18. The average molecular weight is 411 g/mol. The van der Waals surface area contributed by atoms with E-state index in [0.29, 0.717) is 30.4 Å². The number of rotatable bonds is 5. The highest BCUT2D eigenvalue weighted by Gasteiger charge is 2.24. The summed E-state index contributed by atoms with van der Waals surface area (Å²) in [5, 5.41) is 14.6. The van der Waals surface area contributed by atoms with Gasteiger partial charge in [-0.2, -0.15) is 0 Å². The molecule has 0 aromatic heterocycles. The molecule has 8 heteroatoms. The van der Waals surface area contributed by atoms with E-state index < -0.39 is 4.92 Å². The minimum absolute atomic E-state index is 0.0310. The van der Waals surface area contributed by atoms with Gasteiger partial charge in [0.25, 0.3) is 11.6 Å². The minimum Gasteiger partial charge on any atom is -0.486 e. The lowest BCUT2D eigenvalue weighted by atomic mass is 10.1. The molecule has 158 valence electrons. The van der Waals surface area contributed by atoms with Gasteiger partial charge in [-0.3, -0.25) is 14.9 Å². The fraction of sp³-hybridized carbons (Fsp3) is 0.409. The highest BCUT2D eigenvalue weighted by Crippen LogP contribution is 2.33. The number of nitro benzene ring substituents is 1. The fourth-order valence-electron chi connectivity index (χ4n) is 3.91. The molecule has 1 amide bonds. The molecule has 1 unspecified atom stereocenters. The van der Waals surface area contributed by atoms with E-state index in [0.717, 1.165) is 37.9 Å². The molecule has 2 aromatic rings. The zero-order valence-electron chi connectivity index (χ0n) is 16.9. The van der Waals surface area contributed by atoms with Crippen LogP contribution in [0.25, 0.3) is 0 Å². The van der Waals surface area contributed by atoms with Crippen molar-refractivity contribution < 1.29 is 19.2 Å². The van der Waals surface area contributed by atoms with E-state index >= 15 is 0 Å². The topological polar surface area (TPSA) is 93.9 Å². The van der Waals surface area contributed by atoms with E-state index in [2.05, 4.69) is 5.32 Å². The Balaban J connectivity index is 1.51. The van der Waals surface area contributed by atoms with Crippen molar-refractivity contribution in [3.8, 4) is 11.5 Å². The molecular weight excluding hydrogens is 386 g/mol. The van der Waals surface area contributed by atoms with Crippen LogP contribution in [0.5, 0.6) is 11.5 Å². The number of hydrogen-bond acceptors (Lipinski definition) is 6. The first-order valence-corrected chi connectivity index (χ1v) is 10.3. The number of piperidine rings is 1. The number of ether oxygens (including phenoxy) is 2. The maximum absolute atomic E-state index is 12.8. The number of fused-ring (bicyclic) bond motifs is 1. The Bertz CT molecular complexity index is 956. The Morgan fingerprint density at radius 2 is 1.80 bits per heavy atom. The number of nitro groups is 1. The second-order valence-electron chi connectivity index (χ2n) is 7.61. The number of hydrogen-bond donors (Lipinski definition) is 1. The standard InChI is InChI=1S/C22H25N3O5/c1-15(16-6-8-20-21(14-16)30-12-11-29-20)23-22(26)17-5-7-18(19(13-17)25(27)28)24-9-3-2-4-10-24/h5-8,13-15H,2-4,9-12H2,1H3,(H,23,26). The number of nitrogens with one attached hydrogen (secondary N) is 1. The molecule has 1 saturated heterocycles. The molecule has 1 atom stereocenters. The molecule has 0 bridgehead atoms. The Kier molecular flexibility index (Phi) is 5.74. The van der Waals surface area contributed by atoms with Crippen LogP contribution in [-0.2, 0) is 0 Å². The normalized spacial score (nSPS) is 16.6. The number of carbonyl (C=O) groups is 1. The van der Waals surface area contributed by atoms with Gasteiger partial charge in [-0.1, -0.05) is 6.07 Å². The first-order chi connectivity index (χ1) is 14.5. The summed E-state index contributed by atoms with van der Waals surface area (Å²) in [6, 6.07) is 9.96. The molecule has 1 N–H and O–H groups in total. The van der Waals surface area contributed by atoms with Gasteiger partial charge >= 0.3 is 0 Å². The number of nitrogens with zero attached hydrogens (tertiary/aromatic N) is 2. The van der Waals surface area contributed by atoms with Gasteiger partial charge in [-0.25, -0.2) is 0 Å². The predicted molar refractivity (Wildman–Crippen MR) is 112 cm³/mol. The minimum atomic E-state index is -0.412. The number of benzene rings is 2. The number of anilines is 1. The van der Waals surface area contributed by atoms with Crippen LogP contribution in [0.4, 0.5) is 11.4 Å². The van der Waals surface area contributed by atoms with Crippen LogP contribution < -0.4 is 19.7 Å². The van der Waals surface area contributed by atoms with Gasteiger partial charge < -0.3 is 19.7 Å². The lowest BCUT2D eigenvalue weighted by Gasteiger charge is -2.28. The van der Waals surface area contributed by atoms with Gasteiger partial charge in [0, 0.05) is 24.7 Å².